The summed E-state index contributed by atoms with van der Waals surface area (Å²) in [5.74, 6) is 1.51. The van der Waals surface area contributed by atoms with Crippen molar-refractivity contribution in [3.05, 3.63) is 46.9 Å². The van der Waals surface area contributed by atoms with Crippen LogP contribution in [0.25, 0.3) is 0 Å². The van der Waals surface area contributed by atoms with E-state index in [2.05, 4.69) is 31.2 Å². The first-order valence-corrected chi connectivity index (χ1v) is 10.7. The van der Waals surface area contributed by atoms with E-state index in [0.29, 0.717) is 13.3 Å². The zero-order valence-corrected chi connectivity index (χ0v) is 16.5. The third-order valence-electron chi connectivity index (χ3n) is 6.51. The topological polar surface area (TPSA) is 26.3 Å². The number of hydrogen-bond acceptors (Lipinski definition) is 2. The Balaban J connectivity index is 1.89. The third kappa shape index (κ3) is 4.42. The van der Waals surface area contributed by atoms with Gasteiger partial charge in [0.1, 0.15) is 0 Å². The quantitative estimate of drug-likeness (QED) is 0.340. The molecular formula is C23H33BO2. The van der Waals surface area contributed by atoms with Crippen molar-refractivity contribution in [3.8, 4) is 0 Å². The number of benzene rings is 1. The molecule has 0 atom stereocenters. The number of rotatable bonds is 7. The minimum atomic E-state index is -0.0658. The van der Waals surface area contributed by atoms with Gasteiger partial charge >= 0.3 is 5.97 Å². The third-order valence-corrected chi connectivity index (χ3v) is 6.51. The number of ether oxygens (including phenoxy) is 1. The van der Waals surface area contributed by atoms with Crippen molar-refractivity contribution in [3.63, 3.8) is 0 Å². The first-order valence-electron chi connectivity index (χ1n) is 10.7. The molecule has 0 aromatic heterocycles. The van der Waals surface area contributed by atoms with Gasteiger partial charge in [0, 0.05) is 5.57 Å². The molecule has 0 spiro atoms. The summed E-state index contributed by atoms with van der Waals surface area (Å²) >= 11 is 0. The predicted octanol–water partition coefficient (Wildman–Crippen LogP) is 6.03. The van der Waals surface area contributed by atoms with Crippen LogP contribution in [0.5, 0.6) is 0 Å². The van der Waals surface area contributed by atoms with Gasteiger partial charge in [0.05, 0.1) is 6.61 Å². The van der Waals surface area contributed by atoms with Crippen molar-refractivity contribution in [2.45, 2.75) is 83.3 Å². The second kappa shape index (κ2) is 9.44. The molecule has 2 heterocycles. The maximum absolute atomic E-state index is 12.8. The molecule has 2 fully saturated rings. The molecule has 0 amide bonds. The number of fused-ring (bicyclic) bond motifs is 2. The summed E-state index contributed by atoms with van der Waals surface area (Å²) in [5.41, 5.74) is 3.71. The number of carbonyl (C=O) groups is 1. The predicted molar refractivity (Wildman–Crippen MR) is 110 cm³/mol. The molecule has 2 saturated heterocycles. The molecular weight excluding hydrogens is 319 g/mol. The van der Waals surface area contributed by atoms with Gasteiger partial charge in [0.25, 0.3) is 0 Å². The van der Waals surface area contributed by atoms with Crippen LogP contribution in [0, 0.1) is 0 Å². The van der Waals surface area contributed by atoms with Gasteiger partial charge in [-0.25, -0.2) is 4.79 Å². The van der Waals surface area contributed by atoms with Crippen LogP contribution in [0.1, 0.15) is 70.8 Å². The molecule has 2 aliphatic rings. The van der Waals surface area contributed by atoms with Crippen LogP contribution >= 0.6 is 0 Å². The maximum Gasteiger partial charge on any atom is 0.333 e. The Morgan fingerprint density at radius 3 is 2.19 bits per heavy atom. The largest absolute Gasteiger partial charge is 0.463 e. The Labute approximate surface area is 159 Å². The van der Waals surface area contributed by atoms with Crippen molar-refractivity contribution >= 4 is 12.7 Å². The highest BCUT2D eigenvalue weighted by atomic mass is 16.5. The van der Waals surface area contributed by atoms with E-state index in [1.54, 1.807) is 0 Å². The van der Waals surface area contributed by atoms with Crippen LogP contribution < -0.4 is 0 Å². The second-order valence-electron chi connectivity index (χ2n) is 7.97. The van der Waals surface area contributed by atoms with E-state index in [1.807, 2.05) is 13.0 Å². The first kappa shape index (κ1) is 19.3. The molecule has 2 nitrogen and oxygen atoms in total. The van der Waals surface area contributed by atoms with Gasteiger partial charge < -0.3 is 4.74 Å². The van der Waals surface area contributed by atoms with Crippen molar-refractivity contribution < 1.29 is 9.53 Å². The van der Waals surface area contributed by atoms with Gasteiger partial charge in [-0.15, -0.1) is 0 Å². The molecule has 0 unspecified atom stereocenters. The molecule has 3 rings (SSSR count). The molecule has 0 N–H and O–H groups in total. The molecule has 0 aliphatic carbocycles. The van der Waals surface area contributed by atoms with E-state index < -0.39 is 0 Å². The Morgan fingerprint density at radius 1 is 1.04 bits per heavy atom. The lowest BCUT2D eigenvalue weighted by molar-refractivity contribution is -0.138. The summed E-state index contributed by atoms with van der Waals surface area (Å²) in [6.45, 7) is 5.23. The fourth-order valence-electron chi connectivity index (χ4n) is 5.42. The number of esters is 1. The molecule has 1 aromatic carbocycles. The van der Waals surface area contributed by atoms with Crippen molar-refractivity contribution in [2.75, 3.05) is 6.61 Å². The zero-order chi connectivity index (χ0) is 18.4. The van der Waals surface area contributed by atoms with E-state index in [4.69, 9.17) is 4.74 Å². The summed E-state index contributed by atoms with van der Waals surface area (Å²) in [5, 5.41) is 0. The van der Waals surface area contributed by atoms with Gasteiger partial charge in [0.2, 0.25) is 0 Å². The first-order chi connectivity index (χ1) is 12.7. The summed E-state index contributed by atoms with van der Waals surface area (Å²) in [7, 11) is 0. The summed E-state index contributed by atoms with van der Waals surface area (Å²) < 4.78 is 5.49. The smallest absolute Gasteiger partial charge is 0.333 e. The van der Waals surface area contributed by atoms with Crippen molar-refractivity contribution in [1.29, 1.82) is 0 Å². The monoisotopic (exact) mass is 352 g/mol. The van der Waals surface area contributed by atoms with E-state index in [1.165, 1.54) is 49.6 Å². The van der Waals surface area contributed by atoms with Crippen LogP contribution in [0.2, 0.25) is 11.6 Å². The minimum Gasteiger partial charge on any atom is -0.463 e. The Bertz CT molecular complexity index is 600. The van der Waals surface area contributed by atoms with Crippen molar-refractivity contribution in [1.82, 2.24) is 0 Å². The summed E-state index contributed by atoms with van der Waals surface area (Å²) in [6.07, 6.45) is 10.9. The number of hydrogen-bond donors (Lipinski definition) is 0. The fraction of sp³-hybridized carbons (Fsp3) is 0.609. The zero-order valence-electron chi connectivity index (χ0n) is 16.5. The molecule has 140 valence electrons. The average Bonchev–Trinajstić information content (AvgIpc) is 2.65. The Hall–Kier alpha value is -1.51. The van der Waals surface area contributed by atoms with Gasteiger partial charge in [-0.1, -0.05) is 92.9 Å². The van der Waals surface area contributed by atoms with E-state index in [-0.39, 0.29) is 5.97 Å². The SMILES string of the molecule is CCOC(=O)/C(CCc1ccccc1)=C(/CC)B1C2CCCC1CCC2. The molecule has 0 radical (unpaired) electrons. The maximum atomic E-state index is 12.8. The van der Waals surface area contributed by atoms with E-state index in [9.17, 15) is 4.79 Å². The average molecular weight is 352 g/mol. The van der Waals surface area contributed by atoms with Crippen LogP contribution in [0.4, 0.5) is 0 Å². The highest BCUT2D eigenvalue weighted by Crippen LogP contribution is 2.50. The molecule has 2 bridgehead atoms. The summed E-state index contributed by atoms with van der Waals surface area (Å²) in [4.78, 5) is 12.8. The van der Waals surface area contributed by atoms with Gasteiger partial charge in [-0.3, -0.25) is 0 Å². The molecule has 26 heavy (non-hydrogen) atoms. The lowest BCUT2D eigenvalue weighted by Crippen LogP contribution is -2.38. The number of carbonyl (C=O) groups excluding carboxylic acids is 1. The normalized spacial score (nSPS) is 23.4. The highest BCUT2D eigenvalue weighted by Gasteiger charge is 2.42. The second-order valence-corrected chi connectivity index (χ2v) is 7.97. The highest BCUT2D eigenvalue weighted by molar-refractivity contribution is 6.70. The van der Waals surface area contributed by atoms with E-state index in [0.717, 1.165) is 36.5 Å². The standard InChI is InChI=1S/C23H33BO2/c1-3-22(24-19-12-8-13-20(24)15-9-14-19)21(23(25)26-4-2)17-16-18-10-6-5-7-11-18/h5-7,10-11,19-20H,3-4,8-9,12-17H2,1-2H3/b22-21-. The van der Waals surface area contributed by atoms with Crippen molar-refractivity contribution in [2.24, 2.45) is 0 Å². The molecule has 0 saturated carbocycles. The van der Waals surface area contributed by atoms with Crippen LogP contribution in [-0.2, 0) is 16.0 Å². The van der Waals surface area contributed by atoms with Gasteiger partial charge in [-0.05, 0) is 31.7 Å². The van der Waals surface area contributed by atoms with E-state index >= 15 is 0 Å². The molecule has 2 aliphatic heterocycles. The number of allylic oxidation sites excluding steroid dienone is 1. The molecule has 1 aromatic rings. The van der Waals surface area contributed by atoms with Crippen LogP contribution in [0.3, 0.4) is 0 Å². The van der Waals surface area contributed by atoms with Crippen LogP contribution in [0.15, 0.2) is 41.4 Å². The van der Waals surface area contributed by atoms with Gasteiger partial charge in [0.15, 0.2) is 6.71 Å². The lowest BCUT2D eigenvalue weighted by atomic mass is 9.23. The lowest BCUT2D eigenvalue weighted by Gasteiger charge is -2.42. The van der Waals surface area contributed by atoms with Crippen LogP contribution in [-0.4, -0.2) is 19.3 Å². The summed E-state index contributed by atoms with van der Waals surface area (Å²) in [6, 6.07) is 10.5. The fourth-order valence-corrected chi connectivity index (χ4v) is 5.42. The van der Waals surface area contributed by atoms with Gasteiger partial charge in [-0.2, -0.15) is 0 Å². The molecule has 3 heteroatoms. The Morgan fingerprint density at radius 2 is 1.65 bits per heavy atom. The Kier molecular flexibility index (Phi) is 6.99. The number of aryl methyl sites for hydroxylation is 1. The minimum absolute atomic E-state index is 0.0658.